The van der Waals surface area contributed by atoms with Crippen LogP contribution in [-0.4, -0.2) is 43.0 Å². The number of halogens is 1. The molecular weight excluding hydrogens is 406 g/mol. The fourth-order valence-electron chi connectivity index (χ4n) is 3.95. The minimum Gasteiger partial charge on any atom is -0.490 e. The van der Waals surface area contributed by atoms with Crippen molar-refractivity contribution in [3.63, 3.8) is 0 Å². The second-order valence-electron chi connectivity index (χ2n) is 7.41. The van der Waals surface area contributed by atoms with Gasteiger partial charge in [-0.15, -0.1) is 0 Å². The van der Waals surface area contributed by atoms with E-state index in [1.54, 1.807) is 18.2 Å². The number of ether oxygens (including phenoxy) is 2. The third-order valence-corrected chi connectivity index (χ3v) is 5.64. The van der Waals surface area contributed by atoms with Crippen LogP contribution in [0.2, 0.25) is 5.02 Å². The summed E-state index contributed by atoms with van der Waals surface area (Å²) in [5.41, 5.74) is 7.20. The standard InChI is InChI=1S/C22H24ClN3O4/c23-15-5-6-16(22(24)28)17(12-15)25-13-21(27)26-8-1-3-18(26)14-4-7-19-20(11-14)30-10-2-9-29-19/h4-7,11-12,18,25H,1-3,8-10,13H2,(H2,24,28). The molecule has 7 nitrogen and oxygen atoms in total. The maximum absolute atomic E-state index is 13.0. The molecule has 2 aromatic rings. The zero-order valence-electron chi connectivity index (χ0n) is 16.5. The van der Waals surface area contributed by atoms with Gasteiger partial charge in [-0.05, 0) is 48.7 Å². The van der Waals surface area contributed by atoms with E-state index in [-0.39, 0.29) is 18.5 Å². The van der Waals surface area contributed by atoms with Crippen molar-refractivity contribution in [1.82, 2.24) is 4.90 Å². The highest BCUT2D eigenvalue weighted by Crippen LogP contribution is 2.38. The number of hydrogen-bond acceptors (Lipinski definition) is 5. The molecule has 2 aliphatic rings. The van der Waals surface area contributed by atoms with Gasteiger partial charge in [-0.3, -0.25) is 9.59 Å². The van der Waals surface area contributed by atoms with Gasteiger partial charge in [0, 0.05) is 23.7 Å². The van der Waals surface area contributed by atoms with Crippen LogP contribution in [0.1, 0.15) is 41.2 Å². The van der Waals surface area contributed by atoms with E-state index in [4.69, 9.17) is 26.8 Å². The molecule has 2 heterocycles. The lowest BCUT2D eigenvalue weighted by Gasteiger charge is -2.26. The lowest BCUT2D eigenvalue weighted by molar-refractivity contribution is -0.130. The van der Waals surface area contributed by atoms with Crippen molar-refractivity contribution in [2.45, 2.75) is 25.3 Å². The van der Waals surface area contributed by atoms with Crippen LogP contribution in [0.15, 0.2) is 36.4 Å². The van der Waals surface area contributed by atoms with Crippen molar-refractivity contribution in [3.05, 3.63) is 52.5 Å². The van der Waals surface area contributed by atoms with E-state index in [9.17, 15) is 9.59 Å². The Labute approximate surface area is 180 Å². The first-order valence-corrected chi connectivity index (χ1v) is 10.4. The Bertz CT molecular complexity index is 965. The lowest BCUT2D eigenvalue weighted by atomic mass is 10.0. The molecule has 0 radical (unpaired) electrons. The summed E-state index contributed by atoms with van der Waals surface area (Å²) in [6.07, 6.45) is 2.66. The Morgan fingerprint density at radius 1 is 1.10 bits per heavy atom. The summed E-state index contributed by atoms with van der Waals surface area (Å²) in [6.45, 7) is 1.98. The van der Waals surface area contributed by atoms with Crippen molar-refractivity contribution in [1.29, 1.82) is 0 Å². The van der Waals surface area contributed by atoms with Gasteiger partial charge < -0.3 is 25.4 Å². The van der Waals surface area contributed by atoms with Crippen LogP contribution in [0.3, 0.4) is 0 Å². The number of nitrogens with two attached hydrogens (primary N) is 1. The topological polar surface area (TPSA) is 93.9 Å². The number of carbonyl (C=O) groups is 2. The largest absolute Gasteiger partial charge is 0.490 e. The van der Waals surface area contributed by atoms with Gasteiger partial charge in [0.05, 0.1) is 31.4 Å². The van der Waals surface area contributed by atoms with Crippen LogP contribution in [0.4, 0.5) is 5.69 Å². The van der Waals surface area contributed by atoms with Crippen molar-refractivity contribution in [2.24, 2.45) is 5.73 Å². The molecule has 0 bridgehead atoms. The van der Waals surface area contributed by atoms with Crippen molar-refractivity contribution in [3.8, 4) is 11.5 Å². The van der Waals surface area contributed by atoms with Gasteiger partial charge in [0.25, 0.3) is 5.91 Å². The zero-order chi connectivity index (χ0) is 21.1. The molecule has 0 spiro atoms. The van der Waals surface area contributed by atoms with Crippen LogP contribution in [0.5, 0.6) is 11.5 Å². The van der Waals surface area contributed by atoms with Gasteiger partial charge >= 0.3 is 0 Å². The predicted octanol–water partition coefficient (Wildman–Crippen LogP) is 3.38. The number of likely N-dealkylation sites (tertiary alicyclic amines) is 1. The summed E-state index contributed by atoms with van der Waals surface area (Å²) in [4.78, 5) is 26.5. The molecule has 4 rings (SSSR count). The number of nitrogens with zero attached hydrogens (tertiary/aromatic N) is 1. The van der Waals surface area contributed by atoms with Gasteiger partial charge in [-0.1, -0.05) is 17.7 Å². The summed E-state index contributed by atoms with van der Waals surface area (Å²) in [5.74, 6) is 0.842. The maximum Gasteiger partial charge on any atom is 0.250 e. The molecule has 2 aliphatic heterocycles. The van der Waals surface area contributed by atoms with Crippen molar-refractivity contribution < 1.29 is 19.1 Å². The highest BCUT2D eigenvalue weighted by molar-refractivity contribution is 6.31. The summed E-state index contributed by atoms with van der Waals surface area (Å²) in [7, 11) is 0. The molecule has 3 N–H and O–H groups in total. The second-order valence-corrected chi connectivity index (χ2v) is 7.85. The van der Waals surface area contributed by atoms with Crippen LogP contribution < -0.4 is 20.5 Å². The molecule has 158 valence electrons. The van der Waals surface area contributed by atoms with E-state index in [0.29, 0.717) is 36.0 Å². The van der Waals surface area contributed by atoms with Gasteiger partial charge in [-0.2, -0.15) is 0 Å². The fraction of sp³-hybridized carbons (Fsp3) is 0.364. The second kappa shape index (κ2) is 8.83. The number of nitrogens with one attached hydrogen (secondary N) is 1. The molecular formula is C22H24ClN3O4. The number of amides is 2. The number of primary amides is 1. The van der Waals surface area contributed by atoms with E-state index in [1.165, 1.54) is 0 Å². The average molecular weight is 430 g/mol. The minimum absolute atomic E-state index is 0.0218. The molecule has 0 saturated carbocycles. The molecule has 1 atom stereocenters. The first-order chi connectivity index (χ1) is 14.5. The first kappa shape index (κ1) is 20.3. The molecule has 30 heavy (non-hydrogen) atoms. The van der Waals surface area contributed by atoms with Crippen LogP contribution in [0, 0.1) is 0 Å². The zero-order valence-corrected chi connectivity index (χ0v) is 17.3. The van der Waals surface area contributed by atoms with E-state index in [1.807, 2.05) is 23.1 Å². The van der Waals surface area contributed by atoms with Gasteiger partial charge in [0.1, 0.15) is 0 Å². The molecule has 1 saturated heterocycles. The number of hydrogen-bond donors (Lipinski definition) is 2. The van der Waals surface area contributed by atoms with E-state index in [0.717, 1.165) is 36.3 Å². The first-order valence-electron chi connectivity index (χ1n) is 10.0. The van der Waals surface area contributed by atoms with E-state index < -0.39 is 5.91 Å². The third-order valence-electron chi connectivity index (χ3n) is 5.41. The van der Waals surface area contributed by atoms with E-state index >= 15 is 0 Å². The van der Waals surface area contributed by atoms with Gasteiger partial charge in [-0.25, -0.2) is 0 Å². The summed E-state index contributed by atoms with van der Waals surface area (Å²) in [6, 6.07) is 10.6. The number of carbonyl (C=O) groups excluding carboxylic acids is 2. The van der Waals surface area contributed by atoms with E-state index in [2.05, 4.69) is 5.32 Å². The highest BCUT2D eigenvalue weighted by Gasteiger charge is 2.30. The Morgan fingerprint density at radius 2 is 1.90 bits per heavy atom. The monoisotopic (exact) mass is 429 g/mol. The van der Waals surface area contributed by atoms with Crippen LogP contribution in [-0.2, 0) is 4.79 Å². The maximum atomic E-state index is 13.0. The molecule has 2 aromatic carbocycles. The number of fused-ring (bicyclic) bond motifs is 1. The molecule has 2 amide bonds. The smallest absolute Gasteiger partial charge is 0.250 e. The molecule has 1 unspecified atom stereocenters. The Hall–Kier alpha value is -2.93. The number of benzene rings is 2. The predicted molar refractivity (Wildman–Crippen MR) is 114 cm³/mol. The molecule has 0 aromatic heterocycles. The Morgan fingerprint density at radius 3 is 2.70 bits per heavy atom. The highest BCUT2D eigenvalue weighted by atomic mass is 35.5. The summed E-state index contributed by atoms with van der Waals surface area (Å²) in [5, 5.41) is 3.48. The van der Waals surface area contributed by atoms with Gasteiger partial charge in [0.2, 0.25) is 5.91 Å². The van der Waals surface area contributed by atoms with Crippen LogP contribution >= 0.6 is 11.6 Å². The Kier molecular flexibility index (Phi) is 5.99. The van der Waals surface area contributed by atoms with Gasteiger partial charge in [0.15, 0.2) is 11.5 Å². The SMILES string of the molecule is NC(=O)c1ccc(Cl)cc1NCC(=O)N1CCCC1c1ccc2c(c1)OCCCO2. The summed E-state index contributed by atoms with van der Waals surface area (Å²) >= 11 is 6.03. The Balaban J connectivity index is 1.48. The molecule has 1 fully saturated rings. The fourth-order valence-corrected chi connectivity index (χ4v) is 4.12. The van der Waals surface area contributed by atoms with Crippen LogP contribution in [0.25, 0.3) is 0 Å². The average Bonchev–Trinajstić information content (AvgIpc) is 3.10. The van der Waals surface area contributed by atoms with Crippen molar-refractivity contribution >= 4 is 29.1 Å². The lowest BCUT2D eigenvalue weighted by Crippen LogP contribution is -2.35. The minimum atomic E-state index is -0.576. The number of anilines is 1. The molecule has 0 aliphatic carbocycles. The third kappa shape index (κ3) is 4.31. The summed E-state index contributed by atoms with van der Waals surface area (Å²) < 4.78 is 11.5. The molecule has 8 heteroatoms. The quantitative estimate of drug-likeness (QED) is 0.759. The number of rotatable bonds is 5. The van der Waals surface area contributed by atoms with Crippen molar-refractivity contribution in [2.75, 3.05) is 31.6 Å². The normalized spacial score (nSPS) is 18.0.